The molecule has 0 aromatic carbocycles. The van der Waals surface area contributed by atoms with E-state index in [1.165, 1.54) is 180 Å². The van der Waals surface area contributed by atoms with Gasteiger partial charge in [0.25, 0.3) is 0 Å². The van der Waals surface area contributed by atoms with Crippen LogP contribution >= 0.6 is 7.75 Å². The maximum absolute atomic E-state index is 14.4. The van der Waals surface area contributed by atoms with Crippen molar-refractivity contribution in [3.8, 4) is 0 Å². The highest BCUT2D eigenvalue weighted by Crippen LogP contribution is 2.45. The van der Waals surface area contributed by atoms with Gasteiger partial charge in [-0.3, -0.25) is 9.05 Å². The van der Waals surface area contributed by atoms with E-state index in [9.17, 15) is 4.57 Å². The molecule has 0 aliphatic rings. The van der Waals surface area contributed by atoms with Gasteiger partial charge in [-0.1, -0.05) is 196 Å². The van der Waals surface area contributed by atoms with Crippen molar-refractivity contribution in [2.75, 3.05) is 39.4 Å². The standard InChI is InChI=1S/C42H89N2O3P/c1-7-13-17-21-23-25-27-31-35-41(33-29-19-15-9-3)39-46-48(45,43-37-38-44(11-5)12-6)47-40-42(34-30-20-16-10-4)36-32-28-26-24-22-18-14-8-2/h41-42H,7-40H2,1-6H3,(H,43,45). The molecule has 5 nitrogen and oxygen atoms in total. The Morgan fingerprint density at radius 3 is 1.06 bits per heavy atom. The van der Waals surface area contributed by atoms with E-state index in [0.717, 1.165) is 19.6 Å². The van der Waals surface area contributed by atoms with E-state index in [-0.39, 0.29) is 0 Å². The lowest BCUT2D eigenvalue weighted by atomic mass is 9.95. The molecule has 0 aromatic heterocycles. The lowest BCUT2D eigenvalue weighted by Gasteiger charge is -2.26. The van der Waals surface area contributed by atoms with Crippen LogP contribution in [0.5, 0.6) is 0 Å². The molecule has 48 heavy (non-hydrogen) atoms. The van der Waals surface area contributed by atoms with Crippen LogP contribution in [-0.2, 0) is 13.6 Å². The van der Waals surface area contributed by atoms with Crippen LogP contribution in [0.25, 0.3) is 0 Å². The number of hydrogen-bond donors (Lipinski definition) is 1. The van der Waals surface area contributed by atoms with Crippen LogP contribution in [0.3, 0.4) is 0 Å². The Bertz CT molecular complexity index is 631. The molecule has 290 valence electrons. The highest BCUT2D eigenvalue weighted by Gasteiger charge is 2.28. The van der Waals surface area contributed by atoms with Crippen molar-refractivity contribution in [1.29, 1.82) is 0 Å². The number of rotatable bonds is 40. The van der Waals surface area contributed by atoms with Crippen LogP contribution in [0.1, 0.15) is 221 Å². The third-order valence-corrected chi connectivity index (χ3v) is 12.0. The van der Waals surface area contributed by atoms with Gasteiger partial charge in [-0.05, 0) is 50.6 Å². The predicted octanol–water partition coefficient (Wildman–Crippen LogP) is 14.3. The second-order valence-electron chi connectivity index (χ2n) is 15.0. The SMILES string of the molecule is CCCCCCCCCCC(CCCCCC)COP(=O)(NCCN(CC)CC)OCC(CCCCCC)CCCCCCCCCC. The average Bonchev–Trinajstić information content (AvgIpc) is 3.09. The van der Waals surface area contributed by atoms with Crippen molar-refractivity contribution in [2.45, 2.75) is 221 Å². The fourth-order valence-electron chi connectivity index (χ4n) is 6.90. The quantitative estimate of drug-likeness (QED) is 0.0509. The first kappa shape index (κ1) is 48.1. The van der Waals surface area contributed by atoms with Crippen molar-refractivity contribution in [3.63, 3.8) is 0 Å². The minimum absolute atomic E-state index is 0.464. The fraction of sp³-hybridized carbons (Fsp3) is 1.00. The first-order chi connectivity index (χ1) is 23.5. The summed E-state index contributed by atoms with van der Waals surface area (Å²) in [6.07, 6.45) is 36.4. The Balaban J connectivity index is 5.28. The van der Waals surface area contributed by atoms with Crippen molar-refractivity contribution in [3.05, 3.63) is 0 Å². The van der Waals surface area contributed by atoms with E-state index in [0.29, 0.717) is 31.6 Å². The van der Waals surface area contributed by atoms with Crippen LogP contribution in [0.4, 0.5) is 0 Å². The monoisotopic (exact) mass is 701 g/mol. The van der Waals surface area contributed by atoms with Gasteiger partial charge in [0, 0.05) is 13.1 Å². The fourth-order valence-corrected chi connectivity index (χ4v) is 8.34. The van der Waals surface area contributed by atoms with E-state index in [2.05, 4.69) is 51.5 Å². The number of nitrogens with zero attached hydrogens (tertiary/aromatic N) is 1. The van der Waals surface area contributed by atoms with Gasteiger partial charge in [0.2, 0.25) is 0 Å². The van der Waals surface area contributed by atoms with Crippen molar-refractivity contribution in [2.24, 2.45) is 11.8 Å². The second kappa shape index (κ2) is 36.8. The molecule has 2 atom stereocenters. The van der Waals surface area contributed by atoms with Crippen LogP contribution in [0, 0.1) is 11.8 Å². The Hall–Kier alpha value is 0.0700. The van der Waals surface area contributed by atoms with Gasteiger partial charge in [0.05, 0.1) is 13.2 Å². The molecular weight excluding hydrogens is 611 g/mol. The third kappa shape index (κ3) is 30.9. The van der Waals surface area contributed by atoms with E-state index < -0.39 is 7.75 Å². The molecule has 6 heteroatoms. The summed E-state index contributed by atoms with van der Waals surface area (Å²) < 4.78 is 27.2. The zero-order chi connectivity index (χ0) is 35.4. The topological polar surface area (TPSA) is 50.8 Å². The maximum Gasteiger partial charge on any atom is 0.405 e. The van der Waals surface area contributed by atoms with Gasteiger partial charge in [-0.25, -0.2) is 9.65 Å². The highest BCUT2D eigenvalue weighted by atomic mass is 31.2. The van der Waals surface area contributed by atoms with Crippen molar-refractivity contribution >= 4 is 7.75 Å². The molecule has 0 bridgehead atoms. The van der Waals surface area contributed by atoms with Crippen molar-refractivity contribution in [1.82, 2.24) is 9.99 Å². The second-order valence-corrected chi connectivity index (χ2v) is 16.8. The molecule has 0 amide bonds. The summed E-state index contributed by atoms with van der Waals surface area (Å²) in [5, 5.41) is 3.33. The first-order valence-corrected chi connectivity index (χ1v) is 23.4. The minimum Gasteiger partial charge on any atom is -0.303 e. The van der Waals surface area contributed by atoms with Crippen LogP contribution < -0.4 is 5.09 Å². The van der Waals surface area contributed by atoms with Gasteiger partial charge in [0.15, 0.2) is 0 Å². The smallest absolute Gasteiger partial charge is 0.303 e. The van der Waals surface area contributed by atoms with Crippen molar-refractivity contribution < 1.29 is 13.6 Å². The van der Waals surface area contributed by atoms with Gasteiger partial charge < -0.3 is 4.90 Å². The van der Waals surface area contributed by atoms with Crippen LogP contribution in [0.2, 0.25) is 0 Å². The molecule has 0 saturated carbocycles. The molecule has 0 aliphatic carbocycles. The summed E-state index contributed by atoms with van der Waals surface area (Å²) in [6, 6.07) is 0. The molecule has 2 unspecified atom stereocenters. The molecule has 0 aromatic rings. The Morgan fingerprint density at radius 2 is 0.750 bits per heavy atom. The maximum atomic E-state index is 14.4. The summed E-state index contributed by atoms with van der Waals surface area (Å²) in [5.41, 5.74) is 0. The minimum atomic E-state index is -3.39. The molecule has 0 spiro atoms. The average molecular weight is 701 g/mol. The zero-order valence-corrected chi connectivity index (χ0v) is 34.7. The van der Waals surface area contributed by atoms with Crippen LogP contribution in [0.15, 0.2) is 0 Å². The number of nitrogens with one attached hydrogen (secondary N) is 1. The summed E-state index contributed by atoms with van der Waals surface area (Å²) in [7, 11) is -3.39. The van der Waals surface area contributed by atoms with Gasteiger partial charge in [-0.2, -0.15) is 0 Å². The molecule has 0 saturated heterocycles. The highest BCUT2D eigenvalue weighted by molar-refractivity contribution is 7.51. The number of unbranched alkanes of at least 4 members (excludes halogenated alkanes) is 20. The molecule has 0 heterocycles. The first-order valence-electron chi connectivity index (χ1n) is 21.8. The molecule has 1 N–H and O–H groups in total. The Kier molecular flexibility index (Phi) is 36.9. The Morgan fingerprint density at radius 1 is 0.458 bits per heavy atom. The molecule has 0 rings (SSSR count). The molecule has 0 fully saturated rings. The van der Waals surface area contributed by atoms with E-state index in [1.54, 1.807) is 0 Å². The zero-order valence-electron chi connectivity index (χ0n) is 33.8. The number of likely N-dealkylation sites (N-methyl/N-ethyl adjacent to an activating group) is 1. The van der Waals surface area contributed by atoms with Gasteiger partial charge in [0.1, 0.15) is 0 Å². The van der Waals surface area contributed by atoms with E-state index in [1.807, 2.05) is 0 Å². The largest absolute Gasteiger partial charge is 0.405 e. The predicted molar refractivity (Wildman–Crippen MR) is 214 cm³/mol. The van der Waals surface area contributed by atoms with E-state index >= 15 is 0 Å². The summed E-state index contributed by atoms with van der Waals surface area (Å²) in [5.74, 6) is 0.927. The lowest BCUT2D eigenvalue weighted by Crippen LogP contribution is -2.32. The normalized spacial score (nSPS) is 14.5. The third-order valence-electron chi connectivity index (χ3n) is 10.5. The lowest BCUT2D eigenvalue weighted by molar-refractivity contribution is 0.139. The van der Waals surface area contributed by atoms with Gasteiger partial charge in [-0.15, -0.1) is 0 Å². The van der Waals surface area contributed by atoms with Crippen LogP contribution in [-0.4, -0.2) is 44.3 Å². The Labute approximate surface area is 303 Å². The number of hydrogen-bond acceptors (Lipinski definition) is 4. The summed E-state index contributed by atoms with van der Waals surface area (Å²) in [4.78, 5) is 2.37. The molecule has 0 aliphatic heterocycles. The summed E-state index contributed by atoms with van der Waals surface area (Å²) >= 11 is 0. The molecular formula is C42H89N2O3P. The molecule has 0 radical (unpaired) electrons. The van der Waals surface area contributed by atoms with E-state index in [4.69, 9.17) is 9.05 Å². The summed E-state index contributed by atoms with van der Waals surface area (Å²) in [6.45, 7) is 18.1. The van der Waals surface area contributed by atoms with Gasteiger partial charge >= 0.3 is 7.75 Å².